The normalized spacial score (nSPS) is 15.4. The summed E-state index contributed by atoms with van der Waals surface area (Å²) in [6.45, 7) is 5.94. The smallest absolute Gasteiger partial charge is 0.392 e. The highest BCUT2D eigenvalue weighted by Gasteiger charge is 2.31. The topological polar surface area (TPSA) is 38.0 Å². The van der Waals surface area contributed by atoms with E-state index in [2.05, 4.69) is 4.98 Å². The van der Waals surface area contributed by atoms with Gasteiger partial charge in [-0.15, -0.1) is 0 Å². The van der Waals surface area contributed by atoms with Crippen molar-refractivity contribution < 1.29 is 18.3 Å². The second-order valence-electron chi connectivity index (χ2n) is 5.44. The van der Waals surface area contributed by atoms with Crippen LogP contribution in [0.4, 0.5) is 13.2 Å². The molecule has 1 heterocycles. The summed E-state index contributed by atoms with van der Waals surface area (Å²) in [6.07, 6.45) is -4.14. The van der Waals surface area contributed by atoms with Crippen LogP contribution in [0.2, 0.25) is 0 Å². The Hall–Kier alpha value is -1.56. The summed E-state index contributed by atoms with van der Waals surface area (Å²) in [4.78, 5) is 4.36. The van der Waals surface area contributed by atoms with Gasteiger partial charge in [0.2, 0.25) is 0 Å². The van der Waals surface area contributed by atoms with Gasteiger partial charge >= 0.3 is 6.18 Å². The van der Waals surface area contributed by atoms with E-state index in [4.69, 9.17) is 0 Å². The molecule has 0 aliphatic heterocycles. The van der Waals surface area contributed by atoms with Gasteiger partial charge in [0.25, 0.3) is 0 Å². The predicted octanol–water partition coefficient (Wildman–Crippen LogP) is 3.95. The molecule has 2 atom stereocenters. The molecule has 3 nitrogen and oxygen atoms in total. The van der Waals surface area contributed by atoms with Crippen LogP contribution >= 0.6 is 0 Å². The Morgan fingerprint density at radius 2 is 1.95 bits per heavy atom. The van der Waals surface area contributed by atoms with Crippen LogP contribution in [-0.2, 0) is 12.7 Å². The molecule has 0 saturated heterocycles. The highest BCUT2D eigenvalue weighted by Crippen LogP contribution is 2.32. The van der Waals surface area contributed by atoms with Gasteiger partial charge in [0, 0.05) is 5.92 Å². The van der Waals surface area contributed by atoms with Crippen molar-refractivity contribution in [1.82, 2.24) is 9.55 Å². The average Bonchev–Trinajstić information content (AvgIpc) is 2.74. The van der Waals surface area contributed by atoms with Gasteiger partial charge in [-0.1, -0.05) is 13.8 Å². The van der Waals surface area contributed by atoms with Crippen molar-refractivity contribution in [1.29, 1.82) is 0 Å². The summed E-state index contributed by atoms with van der Waals surface area (Å²) in [6, 6.07) is 3.56. The molecule has 0 radical (unpaired) electrons. The minimum absolute atomic E-state index is 0.116. The number of hydrogen-bond acceptors (Lipinski definition) is 2. The van der Waals surface area contributed by atoms with Crippen molar-refractivity contribution in [2.75, 3.05) is 0 Å². The highest BCUT2D eigenvalue weighted by atomic mass is 19.4. The maximum Gasteiger partial charge on any atom is 0.416 e. The number of hydrogen-bond donors (Lipinski definition) is 1. The monoisotopic (exact) mass is 300 g/mol. The Morgan fingerprint density at radius 1 is 1.29 bits per heavy atom. The van der Waals surface area contributed by atoms with Crippen molar-refractivity contribution in [3.8, 4) is 0 Å². The SMILES string of the molecule is CCC(C)c1nc2cc(C(F)(F)F)ccc2n1CC(C)O. The molecule has 2 unspecified atom stereocenters. The Bertz CT molecular complexity index is 632. The fraction of sp³-hybridized carbons (Fsp3) is 0.533. The predicted molar refractivity (Wildman–Crippen MR) is 75.1 cm³/mol. The maximum absolute atomic E-state index is 12.8. The van der Waals surface area contributed by atoms with E-state index in [0.29, 0.717) is 23.4 Å². The van der Waals surface area contributed by atoms with Crippen molar-refractivity contribution in [3.05, 3.63) is 29.6 Å². The fourth-order valence-corrected chi connectivity index (χ4v) is 2.34. The van der Waals surface area contributed by atoms with E-state index < -0.39 is 17.8 Å². The molecular weight excluding hydrogens is 281 g/mol. The third-order valence-electron chi connectivity index (χ3n) is 3.61. The van der Waals surface area contributed by atoms with Crippen LogP contribution in [0.1, 0.15) is 44.5 Å². The number of aliphatic hydroxyl groups is 1. The second-order valence-corrected chi connectivity index (χ2v) is 5.44. The molecule has 0 bridgehead atoms. The number of nitrogens with zero attached hydrogens (tertiary/aromatic N) is 2. The number of halogens is 3. The first-order valence-electron chi connectivity index (χ1n) is 6.99. The molecule has 2 rings (SSSR count). The summed E-state index contributed by atoms with van der Waals surface area (Å²) in [7, 11) is 0. The van der Waals surface area contributed by atoms with Gasteiger partial charge in [0.15, 0.2) is 0 Å². The molecule has 6 heteroatoms. The summed E-state index contributed by atoms with van der Waals surface area (Å²) in [5, 5.41) is 9.62. The molecular formula is C15H19F3N2O. The largest absolute Gasteiger partial charge is 0.416 e. The number of benzene rings is 1. The van der Waals surface area contributed by atoms with E-state index >= 15 is 0 Å². The Labute approximate surface area is 121 Å². The fourth-order valence-electron chi connectivity index (χ4n) is 2.34. The minimum atomic E-state index is -4.38. The van der Waals surface area contributed by atoms with Crippen LogP contribution in [0.15, 0.2) is 18.2 Å². The standard InChI is InChI=1S/C15H19F3N2O/c1-4-9(2)14-19-12-7-11(15(16,17)18)5-6-13(12)20(14)8-10(3)21/h5-7,9-10,21H,4,8H2,1-3H3. The number of aromatic nitrogens is 2. The van der Waals surface area contributed by atoms with Crippen LogP contribution in [0.25, 0.3) is 11.0 Å². The number of rotatable bonds is 4. The van der Waals surface area contributed by atoms with Gasteiger partial charge in [0.05, 0.1) is 29.2 Å². The van der Waals surface area contributed by atoms with Crippen LogP contribution in [0.3, 0.4) is 0 Å². The van der Waals surface area contributed by atoms with Crippen LogP contribution in [0.5, 0.6) is 0 Å². The third-order valence-corrected chi connectivity index (χ3v) is 3.61. The van der Waals surface area contributed by atoms with E-state index in [-0.39, 0.29) is 5.92 Å². The molecule has 0 fully saturated rings. The zero-order chi connectivity index (χ0) is 15.8. The van der Waals surface area contributed by atoms with Gasteiger partial charge in [-0.05, 0) is 31.5 Å². The van der Waals surface area contributed by atoms with E-state index in [1.807, 2.05) is 18.4 Å². The number of alkyl halides is 3. The first-order chi connectivity index (χ1) is 9.74. The minimum Gasteiger partial charge on any atom is -0.392 e. The van der Waals surface area contributed by atoms with Crippen molar-refractivity contribution in [2.45, 2.75) is 51.9 Å². The summed E-state index contributed by atoms with van der Waals surface area (Å²) in [5.41, 5.74) is 0.243. The van der Waals surface area contributed by atoms with Gasteiger partial charge in [-0.2, -0.15) is 13.2 Å². The molecule has 0 aliphatic rings. The maximum atomic E-state index is 12.8. The number of aliphatic hydroxyl groups excluding tert-OH is 1. The highest BCUT2D eigenvalue weighted by molar-refractivity contribution is 5.77. The van der Waals surface area contributed by atoms with Crippen LogP contribution in [-0.4, -0.2) is 20.8 Å². The summed E-state index contributed by atoms with van der Waals surface area (Å²) in [5.74, 6) is 0.832. The van der Waals surface area contributed by atoms with Crippen LogP contribution in [0, 0.1) is 0 Å². The summed E-state index contributed by atoms with van der Waals surface area (Å²) >= 11 is 0. The first-order valence-corrected chi connectivity index (χ1v) is 6.99. The zero-order valence-corrected chi connectivity index (χ0v) is 12.3. The van der Waals surface area contributed by atoms with Crippen molar-refractivity contribution in [3.63, 3.8) is 0 Å². The second kappa shape index (κ2) is 5.67. The Kier molecular flexibility index (Phi) is 4.27. The van der Waals surface area contributed by atoms with Crippen molar-refractivity contribution in [2.24, 2.45) is 0 Å². The molecule has 21 heavy (non-hydrogen) atoms. The molecule has 2 aromatic rings. The van der Waals surface area contributed by atoms with E-state index in [9.17, 15) is 18.3 Å². The first kappa shape index (κ1) is 15.8. The lowest BCUT2D eigenvalue weighted by Gasteiger charge is -2.14. The average molecular weight is 300 g/mol. The van der Waals surface area contributed by atoms with E-state index in [1.54, 1.807) is 6.92 Å². The molecule has 1 N–H and O–H groups in total. The summed E-state index contributed by atoms with van der Waals surface area (Å²) < 4.78 is 40.2. The molecule has 0 amide bonds. The molecule has 1 aromatic heterocycles. The lowest BCUT2D eigenvalue weighted by molar-refractivity contribution is -0.137. The molecule has 0 aliphatic carbocycles. The quantitative estimate of drug-likeness (QED) is 0.928. The lowest BCUT2D eigenvalue weighted by Crippen LogP contribution is -2.15. The van der Waals surface area contributed by atoms with Gasteiger partial charge in [0.1, 0.15) is 5.82 Å². The molecule has 0 saturated carbocycles. The molecule has 1 aromatic carbocycles. The zero-order valence-electron chi connectivity index (χ0n) is 12.3. The van der Waals surface area contributed by atoms with Gasteiger partial charge in [-0.3, -0.25) is 0 Å². The number of imidazole rings is 1. The Balaban J connectivity index is 2.61. The Morgan fingerprint density at radius 3 is 2.48 bits per heavy atom. The number of fused-ring (bicyclic) bond motifs is 1. The van der Waals surface area contributed by atoms with Crippen molar-refractivity contribution >= 4 is 11.0 Å². The van der Waals surface area contributed by atoms with E-state index in [1.165, 1.54) is 6.07 Å². The van der Waals surface area contributed by atoms with Crippen LogP contribution < -0.4 is 0 Å². The molecule has 0 spiro atoms. The van der Waals surface area contributed by atoms with E-state index in [0.717, 1.165) is 18.6 Å². The molecule has 116 valence electrons. The third kappa shape index (κ3) is 3.20. The van der Waals surface area contributed by atoms with Gasteiger partial charge < -0.3 is 9.67 Å². The van der Waals surface area contributed by atoms with Gasteiger partial charge in [-0.25, -0.2) is 4.98 Å². The lowest BCUT2D eigenvalue weighted by atomic mass is 10.1.